The van der Waals surface area contributed by atoms with E-state index in [-0.39, 0.29) is 11.5 Å². The van der Waals surface area contributed by atoms with Crippen molar-refractivity contribution in [3.63, 3.8) is 0 Å². The minimum Gasteiger partial charge on any atom is -0.486 e. The van der Waals surface area contributed by atoms with E-state index in [9.17, 15) is 4.79 Å². The van der Waals surface area contributed by atoms with E-state index in [0.717, 1.165) is 5.56 Å². The Morgan fingerprint density at radius 3 is 2.74 bits per heavy atom. The zero-order valence-corrected chi connectivity index (χ0v) is 15.5. The third-order valence-corrected chi connectivity index (χ3v) is 5.25. The van der Waals surface area contributed by atoms with Gasteiger partial charge in [-0.2, -0.15) is 0 Å². The number of nitrogen functional groups attached to an aromatic ring is 1. The van der Waals surface area contributed by atoms with Gasteiger partial charge in [0.1, 0.15) is 13.2 Å². The Morgan fingerprint density at radius 1 is 1.15 bits per heavy atom. The molecule has 7 nitrogen and oxygen atoms in total. The summed E-state index contributed by atoms with van der Waals surface area (Å²) < 4.78 is 12.9. The number of fused-ring (bicyclic) bond motifs is 1. The lowest BCUT2D eigenvalue weighted by molar-refractivity contribution is 0.102. The largest absolute Gasteiger partial charge is 0.486 e. The van der Waals surface area contributed by atoms with Crippen molar-refractivity contribution < 1.29 is 14.3 Å². The molecule has 0 unspecified atom stereocenters. The number of rotatable bonds is 5. The van der Waals surface area contributed by atoms with Crippen LogP contribution in [0.1, 0.15) is 10.4 Å². The first-order chi connectivity index (χ1) is 13.1. The monoisotopic (exact) mass is 382 g/mol. The number of hydrogen-bond donors (Lipinski definition) is 1. The normalized spacial score (nSPS) is 12.8. The summed E-state index contributed by atoms with van der Waals surface area (Å²) >= 11 is 1.34. The summed E-state index contributed by atoms with van der Waals surface area (Å²) in [5.41, 5.74) is 8.06. The maximum Gasteiger partial charge on any atom is 0.191 e. The van der Waals surface area contributed by atoms with Gasteiger partial charge in [0.25, 0.3) is 0 Å². The summed E-state index contributed by atoms with van der Waals surface area (Å²) in [7, 11) is 1.86. The van der Waals surface area contributed by atoms with Gasteiger partial charge in [-0.25, -0.2) is 0 Å². The second-order valence-electron chi connectivity index (χ2n) is 6.02. The fourth-order valence-electron chi connectivity index (χ4n) is 2.81. The third-order valence-electron chi connectivity index (χ3n) is 4.23. The first kappa shape index (κ1) is 17.4. The molecule has 4 rings (SSSR count). The summed E-state index contributed by atoms with van der Waals surface area (Å²) in [6, 6.07) is 12.7. The van der Waals surface area contributed by atoms with Crippen molar-refractivity contribution in [3.8, 4) is 22.9 Å². The summed E-state index contributed by atoms with van der Waals surface area (Å²) in [6.07, 6.45) is 0. The molecule has 0 atom stereocenters. The number of benzene rings is 2. The van der Waals surface area contributed by atoms with Crippen molar-refractivity contribution in [2.24, 2.45) is 7.05 Å². The fraction of sp³-hybridized carbons (Fsp3) is 0.211. The number of ketones is 1. The standard InChI is InChI=1S/C19H18N4O3S/c1-23-18(13-4-2-3-5-14(13)20)21-22-19(23)27-11-15(24)12-6-7-16-17(10-12)26-9-8-25-16/h2-7,10H,8-9,11,20H2,1H3. The number of Topliss-reactive ketones (excluding diaryl/α,β-unsaturated/α-hetero) is 1. The van der Waals surface area contributed by atoms with E-state index in [0.29, 0.717) is 46.9 Å². The lowest BCUT2D eigenvalue weighted by atomic mass is 10.1. The second kappa shape index (κ2) is 7.32. The van der Waals surface area contributed by atoms with Crippen molar-refractivity contribution in [1.82, 2.24) is 14.8 Å². The van der Waals surface area contributed by atoms with Crippen molar-refractivity contribution in [2.75, 3.05) is 24.7 Å². The van der Waals surface area contributed by atoms with Gasteiger partial charge in [0.05, 0.1) is 5.75 Å². The molecule has 0 saturated carbocycles. The van der Waals surface area contributed by atoms with Gasteiger partial charge in [0, 0.05) is 23.9 Å². The number of anilines is 1. The Hall–Kier alpha value is -3.00. The minimum absolute atomic E-state index is 0.0132. The molecule has 1 aromatic heterocycles. The molecular formula is C19H18N4O3S. The van der Waals surface area contributed by atoms with Crippen LogP contribution >= 0.6 is 11.8 Å². The SMILES string of the molecule is Cn1c(SCC(=O)c2ccc3c(c2)OCCO3)nnc1-c1ccccc1N. The summed E-state index contributed by atoms with van der Waals surface area (Å²) in [4.78, 5) is 12.6. The number of nitrogens with two attached hydrogens (primary N) is 1. The highest BCUT2D eigenvalue weighted by Gasteiger charge is 2.17. The average molecular weight is 382 g/mol. The van der Waals surface area contributed by atoms with Crippen molar-refractivity contribution in [3.05, 3.63) is 48.0 Å². The molecule has 0 aliphatic carbocycles. The zero-order valence-electron chi connectivity index (χ0n) is 14.7. The van der Waals surface area contributed by atoms with Crippen LogP contribution in [0.3, 0.4) is 0 Å². The van der Waals surface area contributed by atoms with Gasteiger partial charge in [-0.3, -0.25) is 4.79 Å². The van der Waals surface area contributed by atoms with E-state index in [1.165, 1.54) is 11.8 Å². The van der Waals surface area contributed by atoms with Crippen molar-refractivity contribution in [1.29, 1.82) is 0 Å². The number of para-hydroxylation sites is 1. The molecule has 1 aliphatic rings. The van der Waals surface area contributed by atoms with E-state index in [1.807, 2.05) is 35.9 Å². The zero-order chi connectivity index (χ0) is 18.8. The van der Waals surface area contributed by atoms with Gasteiger partial charge in [0.15, 0.2) is 28.3 Å². The number of thioether (sulfide) groups is 1. The highest BCUT2D eigenvalue weighted by atomic mass is 32.2. The Labute approximate surface area is 160 Å². The van der Waals surface area contributed by atoms with Crippen molar-refractivity contribution >= 4 is 23.2 Å². The van der Waals surface area contributed by atoms with Gasteiger partial charge in [0.2, 0.25) is 0 Å². The molecule has 0 bridgehead atoms. The predicted molar refractivity (Wildman–Crippen MR) is 103 cm³/mol. The molecule has 2 N–H and O–H groups in total. The van der Waals surface area contributed by atoms with Crippen LogP contribution in [0.2, 0.25) is 0 Å². The highest BCUT2D eigenvalue weighted by Crippen LogP contribution is 2.32. The van der Waals surface area contributed by atoms with Gasteiger partial charge in [-0.15, -0.1) is 10.2 Å². The van der Waals surface area contributed by atoms with Crippen LogP contribution in [0.4, 0.5) is 5.69 Å². The minimum atomic E-state index is -0.0132. The lowest BCUT2D eigenvalue weighted by Crippen LogP contribution is -2.16. The number of ether oxygens (including phenoxy) is 2. The molecule has 1 aliphatic heterocycles. The molecule has 3 aromatic rings. The van der Waals surface area contributed by atoms with Gasteiger partial charge < -0.3 is 19.8 Å². The Bertz CT molecular complexity index is 1000. The highest BCUT2D eigenvalue weighted by molar-refractivity contribution is 7.99. The molecule has 27 heavy (non-hydrogen) atoms. The smallest absolute Gasteiger partial charge is 0.191 e. The Kier molecular flexibility index (Phi) is 4.72. The predicted octanol–water partition coefficient (Wildman–Crippen LogP) is 2.81. The molecule has 8 heteroatoms. The van der Waals surface area contributed by atoms with Crippen LogP contribution in [0.25, 0.3) is 11.4 Å². The number of carbonyl (C=O) groups is 1. The molecule has 2 aromatic carbocycles. The third kappa shape index (κ3) is 3.48. The van der Waals surface area contributed by atoms with E-state index in [1.54, 1.807) is 18.2 Å². The van der Waals surface area contributed by atoms with Crippen LogP contribution in [0, 0.1) is 0 Å². The maximum absolute atomic E-state index is 12.6. The molecule has 0 fully saturated rings. The lowest BCUT2D eigenvalue weighted by Gasteiger charge is -2.18. The Morgan fingerprint density at radius 2 is 1.93 bits per heavy atom. The number of nitrogens with zero attached hydrogens (tertiary/aromatic N) is 3. The molecule has 0 amide bonds. The topological polar surface area (TPSA) is 92.3 Å². The van der Waals surface area contributed by atoms with Crippen LogP contribution in [0.15, 0.2) is 47.6 Å². The van der Waals surface area contributed by atoms with Crippen LogP contribution < -0.4 is 15.2 Å². The van der Waals surface area contributed by atoms with E-state index in [4.69, 9.17) is 15.2 Å². The Balaban J connectivity index is 1.48. The molecule has 0 radical (unpaired) electrons. The van der Waals surface area contributed by atoms with Crippen LogP contribution in [-0.2, 0) is 7.05 Å². The van der Waals surface area contributed by atoms with Gasteiger partial charge in [-0.05, 0) is 30.3 Å². The first-order valence-electron chi connectivity index (χ1n) is 8.43. The second-order valence-corrected chi connectivity index (χ2v) is 6.97. The van der Waals surface area contributed by atoms with Gasteiger partial charge >= 0.3 is 0 Å². The van der Waals surface area contributed by atoms with E-state index < -0.39 is 0 Å². The maximum atomic E-state index is 12.6. The summed E-state index contributed by atoms with van der Waals surface area (Å²) in [6.45, 7) is 1.01. The molecule has 138 valence electrons. The quantitative estimate of drug-likeness (QED) is 0.412. The number of carbonyl (C=O) groups excluding carboxylic acids is 1. The van der Waals surface area contributed by atoms with E-state index >= 15 is 0 Å². The average Bonchev–Trinajstić information content (AvgIpc) is 3.06. The van der Waals surface area contributed by atoms with Crippen LogP contribution in [-0.4, -0.2) is 39.5 Å². The summed E-state index contributed by atoms with van der Waals surface area (Å²) in [5.74, 6) is 2.18. The summed E-state index contributed by atoms with van der Waals surface area (Å²) in [5, 5.41) is 9.06. The van der Waals surface area contributed by atoms with Crippen LogP contribution in [0.5, 0.6) is 11.5 Å². The molecule has 0 spiro atoms. The molecule has 0 saturated heterocycles. The van der Waals surface area contributed by atoms with E-state index in [2.05, 4.69) is 10.2 Å². The number of aromatic nitrogens is 3. The van der Waals surface area contributed by atoms with Gasteiger partial charge in [-0.1, -0.05) is 23.9 Å². The molecular weight excluding hydrogens is 364 g/mol. The first-order valence-corrected chi connectivity index (χ1v) is 9.42. The number of hydrogen-bond acceptors (Lipinski definition) is 7. The molecule has 2 heterocycles. The van der Waals surface area contributed by atoms with Crippen molar-refractivity contribution in [2.45, 2.75) is 5.16 Å². The fourth-order valence-corrected chi connectivity index (χ4v) is 3.61.